The molecule has 4 aromatic rings. The van der Waals surface area contributed by atoms with E-state index in [1.165, 1.54) is 23.5 Å². The first-order valence-corrected chi connectivity index (χ1v) is 12.0. The Balaban J connectivity index is 1.34. The van der Waals surface area contributed by atoms with Crippen LogP contribution in [-0.4, -0.2) is 30.6 Å². The van der Waals surface area contributed by atoms with Crippen molar-refractivity contribution in [3.05, 3.63) is 85.2 Å². The number of hydrogen-bond donors (Lipinski definition) is 0. The predicted molar refractivity (Wildman–Crippen MR) is 140 cm³/mol. The molecule has 0 radical (unpaired) electrons. The fourth-order valence-corrected chi connectivity index (χ4v) is 4.02. The summed E-state index contributed by atoms with van der Waals surface area (Å²) < 4.78 is 19.2. The molecule has 0 atom stereocenters. The van der Waals surface area contributed by atoms with Crippen LogP contribution >= 0.6 is 11.3 Å². The molecular weight excluding hydrogens is 479 g/mol. The summed E-state index contributed by atoms with van der Waals surface area (Å²) in [6, 6.07) is 19.3. The highest BCUT2D eigenvalue weighted by Crippen LogP contribution is 2.30. The van der Waals surface area contributed by atoms with Crippen LogP contribution in [0.1, 0.15) is 6.92 Å². The van der Waals surface area contributed by atoms with E-state index in [2.05, 4.69) is 36.9 Å². The van der Waals surface area contributed by atoms with Crippen LogP contribution in [0.25, 0.3) is 10.2 Å². The van der Waals surface area contributed by atoms with Crippen molar-refractivity contribution in [1.29, 1.82) is 0 Å². The van der Waals surface area contributed by atoms with Gasteiger partial charge in [0.1, 0.15) is 12.4 Å². The lowest BCUT2D eigenvalue weighted by molar-refractivity contribution is -0.137. The van der Waals surface area contributed by atoms with Gasteiger partial charge in [-0.15, -0.1) is 10.2 Å². The Morgan fingerprint density at radius 2 is 1.61 bits per heavy atom. The molecule has 0 aliphatic carbocycles. The number of hydrogen-bond acceptors (Lipinski definition) is 9. The van der Waals surface area contributed by atoms with Gasteiger partial charge < -0.3 is 9.64 Å². The third kappa shape index (κ3) is 6.63. The SMILES string of the molecule is C=CC(=O)OCCN(CC)c1ccc(N=Nc2ccc(N=Nc3nc4cc(F)ccc4s3)cc2)cc1. The molecule has 36 heavy (non-hydrogen) atoms. The number of rotatable bonds is 10. The number of benzene rings is 3. The van der Waals surface area contributed by atoms with Gasteiger partial charge in [-0.05, 0) is 67.6 Å². The highest BCUT2D eigenvalue weighted by molar-refractivity contribution is 7.21. The summed E-state index contributed by atoms with van der Waals surface area (Å²) in [6.07, 6.45) is 1.15. The zero-order valence-corrected chi connectivity index (χ0v) is 20.4. The molecule has 0 amide bonds. The number of esters is 1. The van der Waals surface area contributed by atoms with Crippen molar-refractivity contribution in [2.24, 2.45) is 20.5 Å². The Hall–Kier alpha value is -4.31. The fraction of sp³-hybridized carbons (Fsp3) is 0.154. The number of likely N-dealkylation sites (N-methyl/N-ethyl adjacent to an activating group) is 1. The highest BCUT2D eigenvalue weighted by Gasteiger charge is 2.06. The lowest BCUT2D eigenvalue weighted by atomic mass is 10.2. The largest absolute Gasteiger partial charge is 0.461 e. The van der Waals surface area contributed by atoms with E-state index in [0.717, 1.165) is 23.0 Å². The minimum absolute atomic E-state index is 0.288. The molecule has 0 unspecified atom stereocenters. The van der Waals surface area contributed by atoms with Crippen molar-refractivity contribution in [2.75, 3.05) is 24.6 Å². The van der Waals surface area contributed by atoms with Gasteiger partial charge in [0.15, 0.2) is 0 Å². The van der Waals surface area contributed by atoms with E-state index >= 15 is 0 Å². The van der Waals surface area contributed by atoms with E-state index in [9.17, 15) is 9.18 Å². The molecule has 0 N–H and O–H groups in total. The third-order valence-corrected chi connectivity index (χ3v) is 6.01. The summed E-state index contributed by atoms with van der Waals surface area (Å²) in [7, 11) is 0. The van der Waals surface area contributed by atoms with E-state index in [4.69, 9.17) is 4.74 Å². The molecule has 4 rings (SSSR count). The Morgan fingerprint density at radius 1 is 1.00 bits per heavy atom. The van der Waals surface area contributed by atoms with Crippen LogP contribution in [0.2, 0.25) is 0 Å². The van der Waals surface area contributed by atoms with E-state index in [1.807, 2.05) is 31.2 Å². The van der Waals surface area contributed by atoms with Gasteiger partial charge in [-0.1, -0.05) is 17.9 Å². The van der Waals surface area contributed by atoms with Crippen LogP contribution in [0.15, 0.2) is 99.8 Å². The number of aromatic nitrogens is 1. The second-order valence-corrected chi connectivity index (χ2v) is 8.50. The standard InChI is InChI=1S/C26H23FN6O2S/c1-3-25(34)35-16-15-33(4-2)22-12-10-21(11-13-22)30-29-19-6-8-20(9-7-19)31-32-26-28-23-17-18(27)5-14-24(23)36-26/h3,5-14,17H,1,4,15-16H2,2H3. The van der Waals surface area contributed by atoms with Gasteiger partial charge in [-0.3, -0.25) is 0 Å². The number of ether oxygens (including phenoxy) is 1. The summed E-state index contributed by atoms with van der Waals surface area (Å²) in [5.41, 5.74) is 3.59. The Morgan fingerprint density at radius 3 is 2.22 bits per heavy atom. The monoisotopic (exact) mass is 502 g/mol. The number of carbonyl (C=O) groups excluding carboxylic acids is 1. The van der Waals surface area contributed by atoms with Crippen molar-refractivity contribution in [3.8, 4) is 0 Å². The highest BCUT2D eigenvalue weighted by atomic mass is 32.1. The number of halogens is 1. The third-order valence-electron chi connectivity index (χ3n) is 5.09. The van der Waals surface area contributed by atoms with Crippen molar-refractivity contribution in [3.63, 3.8) is 0 Å². The maximum atomic E-state index is 13.3. The lowest BCUT2D eigenvalue weighted by Gasteiger charge is -2.22. The van der Waals surface area contributed by atoms with Crippen molar-refractivity contribution in [2.45, 2.75) is 6.92 Å². The predicted octanol–water partition coefficient (Wildman–Crippen LogP) is 7.82. The molecule has 0 bridgehead atoms. The Labute approximate surface area is 211 Å². The van der Waals surface area contributed by atoms with Crippen molar-refractivity contribution in [1.82, 2.24) is 4.98 Å². The number of nitrogens with zero attached hydrogens (tertiary/aromatic N) is 6. The van der Waals surface area contributed by atoms with Crippen LogP contribution in [0.5, 0.6) is 0 Å². The summed E-state index contributed by atoms with van der Waals surface area (Å²) >= 11 is 1.35. The average Bonchev–Trinajstić information content (AvgIpc) is 3.31. The van der Waals surface area contributed by atoms with E-state index in [0.29, 0.717) is 34.3 Å². The topological polar surface area (TPSA) is 91.9 Å². The normalized spacial score (nSPS) is 11.4. The van der Waals surface area contributed by atoms with Crippen LogP contribution in [0, 0.1) is 5.82 Å². The van der Waals surface area contributed by atoms with E-state index in [-0.39, 0.29) is 12.4 Å². The quantitative estimate of drug-likeness (QED) is 0.126. The summed E-state index contributed by atoms with van der Waals surface area (Å²) in [6.45, 7) is 7.07. The van der Waals surface area contributed by atoms with Crippen LogP contribution < -0.4 is 4.90 Å². The second kappa shape index (κ2) is 11.9. The summed E-state index contributed by atoms with van der Waals surface area (Å²) in [5.74, 6) is -0.757. The molecule has 0 aliphatic heterocycles. The maximum absolute atomic E-state index is 13.3. The van der Waals surface area contributed by atoms with Crippen molar-refractivity contribution < 1.29 is 13.9 Å². The molecule has 0 aliphatic rings. The van der Waals surface area contributed by atoms with Crippen molar-refractivity contribution >= 4 is 55.4 Å². The smallest absolute Gasteiger partial charge is 0.330 e. The van der Waals surface area contributed by atoms with Gasteiger partial charge in [0.25, 0.3) is 0 Å². The molecule has 182 valence electrons. The average molecular weight is 503 g/mol. The molecule has 0 spiro atoms. The van der Waals surface area contributed by atoms with E-state index in [1.54, 1.807) is 30.3 Å². The van der Waals surface area contributed by atoms with E-state index < -0.39 is 5.97 Å². The van der Waals surface area contributed by atoms with Gasteiger partial charge in [-0.2, -0.15) is 10.2 Å². The number of azo groups is 2. The first kappa shape index (κ1) is 24.8. The molecule has 3 aromatic carbocycles. The van der Waals surface area contributed by atoms with Crippen LogP contribution in [-0.2, 0) is 9.53 Å². The first-order valence-electron chi connectivity index (χ1n) is 11.2. The van der Waals surface area contributed by atoms with Crippen LogP contribution in [0.4, 0.5) is 32.3 Å². The van der Waals surface area contributed by atoms with Gasteiger partial charge in [0, 0.05) is 24.4 Å². The molecule has 0 fully saturated rings. The molecule has 0 saturated heterocycles. The zero-order chi connectivity index (χ0) is 25.3. The minimum Gasteiger partial charge on any atom is -0.461 e. The number of carbonyl (C=O) groups is 1. The Bertz CT molecular complexity index is 1400. The van der Waals surface area contributed by atoms with Crippen LogP contribution in [0.3, 0.4) is 0 Å². The maximum Gasteiger partial charge on any atom is 0.330 e. The zero-order valence-electron chi connectivity index (χ0n) is 19.5. The molecular formula is C26H23FN6O2S. The minimum atomic E-state index is -0.427. The van der Waals surface area contributed by atoms with Gasteiger partial charge in [-0.25, -0.2) is 14.2 Å². The first-order chi connectivity index (χ1) is 17.5. The number of fused-ring (bicyclic) bond motifs is 1. The van der Waals surface area contributed by atoms with Gasteiger partial charge in [0.2, 0.25) is 5.13 Å². The fourth-order valence-electron chi connectivity index (χ4n) is 3.25. The van der Waals surface area contributed by atoms with Gasteiger partial charge >= 0.3 is 5.97 Å². The molecule has 1 aromatic heterocycles. The second-order valence-electron chi connectivity index (χ2n) is 7.49. The molecule has 1 heterocycles. The lowest BCUT2D eigenvalue weighted by Crippen LogP contribution is -2.27. The molecule has 8 nitrogen and oxygen atoms in total. The molecule has 10 heteroatoms. The molecule has 0 saturated carbocycles. The summed E-state index contributed by atoms with van der Waals surface area (Å²) in [5, 5.41) is 17.4. The number of anilines is 1. The number of thiazole rings is 1. The summed E-state index contributed by atoms with van der Waals surface area (Å²) in [4.78, 5) is 17.6. The van der Waals surface area contributed by atoms with Gasteiger partial charge in [0.05, 0.1) is 33.8 Å². The Kier molecular flexibility index (Phi) is 8.20.